The van der Waals surface area contributed by atoms with E-state index in [9.17, 15) is 13.2 Å². The molecule has 26 heavy (non-hydrogen) atoms. The van der Waals surface area contributed by atoms with Crippen LogP contribution in [0.3, 0.4) is 0 Å². The van der Waals surface area contributed by atoms with E-state index >= 15 is 0 Å². The molecule has 0 saturated carbocycles. The van der Waals surface area contributed by atoms with Crippen molar-refractivity contribution < 1.29 is 17.9 Å². The summed E-state index contributed by atoms with van der Waals surface area (Å²) in [5, 5.41) is 2.76. The summed E-state index contributed by atoms with van der Waals surface area (Å²) in [5.41, 5.74) is 1.37. The first kappa shape index (κ1) is 19.8. The molecule has 0 unspecified atom stereocenters. The molecule has 0 radical (unpaired) electrons. The largest absolute Gasteiger partial charge is 0.481 e. The molecule has 2 rings (SSSR count). The standard InChI is InChI=1S/C19H24N2O4S/c1-13(2)20-19(22)15(4)25-16-9-11-17(12-10-16)26(23,24)21-18-8-6-5-7-14(18)3/h5-13,15,21H,1-4H3,(H,20,22)/t15-/m0/s1. The number of amides is 1. The monoisotopic (exact) mass is 376 g/mol. The number of carbonyl (C=O) groups is 1. The minimum absolute atomic E-state index is 0.0218. The first-order valence-corrected chi connectivity index (χ1v) is 9.83. The molecule has 0 heterocycles. The van der Waals surface area contributed by atoms with Crippen molar-refractivity contribution in [2.75, 3.05) is 4.72 Å². The molecule has 0 aliphatic rings. The summed E-state index contributed by atoms with van der Waals surface area (Å²) in [5.74, 6) is 0.198. The second-order valence-corrected chi connectivity index (χ2v) is 8.00. The Hall–Kier alpha value is -2.54. The van der Waals surface area contributed by atoms with Gasteiger partial charge in [0.2, 0.25) is 0 Å². The van der Waals surface area contributed by atoms with Crippen LogP contribution in [0.5, 0.6) is 5.75 Å². The van der Waals surface area contributed by atoms with Crippen LogP contribution in [0.25, 0.3) is 0 Å². The van der Waals surface area contributed by atoms with Gasteiger partial charge in [0.25, 0.3) is 15.9 Å². The van der Waals surface area contributed by atoms with Crippen molar-refractivity contribution in [3.8, 4) is 5.75 Å². The zero-order valence-corrected chi connectivity index (χ0v) is 16.1. The summed E-state index contributed by atoms with van der Waals surface area (Å²) in [6.07, 6.45) is -0.676. The molecule has 0 bridgehead atoms. The van der Waals surface area contributed by atoms with Crippen molar-refractivity contribution in [3.05, 3.63) is 54.1 Å². The average Bonchev–Trinajstić information content (AvgIpc) is 2.56. The lowest BCUT2D eigenvalue weighted by Crippen LogP contribution is -2.40. The number of rotatable bonds is 7. The number of nitrogens with one attached hydrogen (secondary N) is 2. The van der Waals surface area contributed by atoms with Gasteiger partial charge in [-0.2, -0.15) is 0 Å². The van der Waals surface area contributed by atoms with E-state index in [1.807, 2.05) is 32.9 Å². The third kappa shape index (κ3) is 5.23. The van der Waals surface area contributed by atoms with E-state index < -0.39 is 16.1 Å². The number of aryl methyl sites for hydroxylation is 1. The summed E-state index contributed by atoms with van der Waals surface area (Å²) in [6, 6.07) is 13.1. The Morgan fingerprint density at radius 2 is 1.62 bits per heavy atom. The van der Waals surface area contributed by atoms with Crippen LogP contribution < -0.4 is 14.8 Å². The average molecular weight is 376 g/mol. The molecule has 1 atom stereocenters. The van der Waals surface area contributed by atoms with Crippen LogP contribution in [0.1, 0.15) is 26.3 Å². The first-order valence-electron chi connectivity index (χ1n) is 8.34. The van der Waals surface area contributed by atoms with Crippen molar-refractivity contribution in [2.45, 2.75) is 44.7 Å². The van der Waals surface area contributed by atoms with E-state index in [2.05, 4.69) is 10.0 Å². The molecule has 7 heteroatoms. The first-order chi connectivity index (χ1) is 12.2. The van der Waals surface area contributed by atoms with E-state index in [1.165, 1.54) is 24.3 Å². The number of para-hydroxylation sites is 1. The van der Waals surface area contributed by atoms with Gasteiger partial charge in [0, 0.05) is 6.04 Å². The highest BCUT2D eigenvalue weighted by atomic mass is 32.2. The van der Waals surface area contributed by atoms with Gasteiger partial charge in [-0.25, -0.2) is 8.42 Å². The predicted octanol–water partition coefficient (Wildman–Crippen LogP) is 3.09. The van der Waals surface area contributed by atoms with Crippen molar-refractivity contribution in [1.29, 1.82) is 0 Å². The third-order valence-electron chi connectivity index (χ3n) is 3.64. The highest BCUT2D eigenvalue weighted by Gasteiger charge is 2.17. The lowest BCUT2D eigenvalue weighted by Gasteiger charge is -2.16. The van der Waals surface area contributed by atoms with Crippen LogP contribution in [0.4, 0.5) is 5.69 Å². The van der Waals surface area contributed by atoms with Gasteiger partial charge in [-0.05, 0) is 63.6 Å². The van der Waals surface area contributed by atoms with E-state index in [-0.39, 0.29) is 16.8 Å². The summed E-state index contributed by atoms with van der Waals surface area (Å²) >= 11 is 0. The maximum absolute atomic E-state index is 12.5. The molecule has 0 aliphatic carbocycles. The number of anilines is 1. The summed E-state index contributed by atoms with van der Waals surface area (Å²) in [4.78, 5) is 12.0. The molecule has 140 valence electrons. The predicted molar refractivity (Wildman–Crippen MR) is 102 cm³/mol. The van der Waals surface area contributed by atoms with Crippen LogP contribution in [0.2, 0.25) is 0 Å². The van der Waals surface area contributed by atoms with Gasteiger partial charge in [0.05, 0.1) is 10.6 Å². The van der Waals surface area contributed by atoms with Crippen molar-refractivity contribution >= 4 is 21.6 Å². The van der Waals surface area contributed by atoms with Crippen molar-refractivity contribution in [1.82, 2.24) is 5.32 Å². The molecule has 0 spiro atoms. The zero-order valence-electron chi connectivity index (χ0n) is 15.3. The maximum atomic E-state index is 12.5. The topological polar surface area (TPSA) is 84.5 Å². The Labute approximate surface area is 154 Å². The molecule has 2 N–H and O–H groups in total. The van der Waals surface area contributed by atoms with Crippen LogP contribution in [0, 0.1) is 6.92 Å². The second kappa shape index (κ2) is 8.23. The normalized spacial score (nSPS) is 12.5. The van der Waals surface area contributed by atoms with Gasteiger partial charge in [-0.3, -0.25) is 9.52 Å². The third-order valence-corrected chi connectivity index (χ3v) is 5.02. The molecule has 2 aromatic rings. The fraction of sp³-hybridized carbons (Fsp3) is 0.316. The molecule has 0 saturated heterocycles. The van der Waals surface area contributed by atoms with E-state index in [4.69, 9.17) is 4.74 Å². The minimum Gasteiger partial charge on any atom is -0.481 e. The van der Waals surface area contributed by atoms with Gasteiger partial charge in [-0.1, -0.05) is 18.2 Å². The van der Waals surface area contributed by atoms with Gasteiger partial charge >= 0.3 is 0 Å². The molecule has 0 fully saturated rings. The Kier molecular flexibility index (Phi) is 6.26. The number of hydrogen-bond acceptors (Lipinski definition) is 4. The fourth-order valence-electron chi connectivity index (χ4n) is 2.25. The van der Waals surface area contributed by atoms with Gasteiger partial charge in [0.1, 0.15) is 5.75 Å². The Morgan fingerprint density at radius 3 is 2.19 bits per heavy atom. The van der Waals surface area contributed by atoms with E-state index in [0.717, 1.165) is 5.56 Å². The number of hydrogen-bond donors (Lipinski definition) is 2. The number of carbonyl (C=O) groups excluding carboxylic acids is 1. The Balaban J connectivity index is 2.08. The van der Waals surface area contributed by atoms with Crippen LogP contribution in [-0.2, 0) is 14.8 Å². The number of benzene rings is 2. The molecule has 2 aromatic carbocycles. The SMILES string of the molecule is Cc1ccccc1NS(=O)(=O)c1ccc(O[C@@H](C)C(=O)NC(C)C)cc1. The van der Waals surface area contributed by atoms with Crippen LogP contribution >= 0.6 is 0 Å². The Morgan fingerprint density at radius 1 is 1.00 bits per heavy atom. The lowest BCUT2D eigenvalue weighted by atomic mass is 10.2. The summed E-state index contributed by atoms with van der Waals surface area (Å²) < 4.78 is 33.1. The lowest BCUT2D eigenvalue weighted by molar-refractivity contribution is -0.127. The van der Waals surface area contributed by atoms with Crippen molar-refractivity contribution in [2.24, 2.45) is 0 Å². The molecule has 6 nitrogen and oxygen atoms in total. The highest BCUT2D eigenvalue weighted by molar-refractivity contribution is 7.92. The zero-order chi connectivity index (χ0) is 19.3. The maximum Gasteiger partial charge on any atom is 0.261 e. The minimum atomic E-state index is -3.70. The second-order valence-electron chi connectivity index (χ2n) is 6.32. The summed E-state index contributed by atoms with van der Waals surface area (Å²) in [6.45, 7) is 7.21. The quantitative estimate of drug-likeness (QED) is 0.778. The number of ether oxygens (including phenoxy) is 1. The molecular formula is C19H24N2O4S. The number of sulfonamides is 1. The summed E-state index contributed by atoms with van der Waals surface area (Å²) in [7, 11) is -3.70. The van der Waals surface area contributed by atoms with Crippen molar-refractivity contribution in [3.63, 3.8) is 0 Å². The Bertz CT molecular complexity index is 861. The van der Waals surface area contributed by atoms with E-state index in [0.29, 0.717) is 11.4 Å². The van der Waals surface area contributed by atoms with Crippen LogP contribution in [0.15, 0.2) is 53.4 Å². The van der Waals surface area contributed by atoms with Gasteiger partial charge < -0.3 is 10.1 Å². The smallest absolute Gasteiger partial charge is 0.261 e. The highest BCUT2D eigenvalue weighted by Crippen LogP contribution is 2.21. The molecule has 0 aliphatic heterocycles. The molecule has 0 aromatic heterocycles. The van der Waals surface area contributed by atoms with E-state index in [1.54, 1.807) is 19.1 Å². The van der Waals surface area contributed by atoms with Crippen LogP contribution in [-0.4, -0.2) is 26.5 Å². The molecular weight excluding hydrogens is 352 g/mol. The van der Waals surface area contributed by atoms with Gasteiger partial charge in [0.15, 0.2) is 6.10 Å². The fourth-order valence-corrected chi connectivity index (χ4v) is 3.38. The van der Waals surface area contributed by atoms with Gasteiger partial charge in [-0.15, -0.1) is 0 Å². The molecule has 1 amide bonds.